The maximum Gasteiger partial charge on any atom is 0.0604 e. The van der Waals surface area contributed by atoms with Gasteiger partial charge < -0.3 is 15.0 Å². The van der Waals surface area contributed by atoms with Crippen molar-refractivity contribution < 1.29 is 4.74 Å². The summed E-state index contributed by atoms with van der Waals surface area (Å²) in [6.07, 6.45) is 4.89. The van der Waals surface area contributed by atoms with E-state index in [1.807, 2.05) is 0 Å². The average Bonchev–Trinajstić information content (AvgIpc) is 2.75. The molecule has 1 aromatic carbocycles. The van der Waals surface area contributed by atoms with Crippen LogP contribution in [0, 0.1) is 0 Å². The van der Waals surface area contributed by atoms with E-state index in [0.717, 1.165) is 26.0 Å². The van der Waals surface area contributed by atoms with Crippen molar-refractivity contribution in [2.24, 2.45) is 0 Å². The van der Waals surface area contributed by atoms with E-state index in [1.165, 1.54) is 16.5 Å². The topological polar surface area (TPSA) is 37.0 Å². The van der Waals surface area contributed by atoms with Crippen molar-refractivity contribution in [3.8, 4) is 0 Å². The van der Waals surface area contributed by atoms with Crippen LogP contribution < -0.4 is 5.32 Å². The number of fused-ring (bicyclic) bond motifs is 1. The van der Waals surface area contributed by atoms with Gasteiger partial charge in [0.2, 0.25) is 0 Å². The summed E-state index contributed by atoms with van der Waals surface area (Å²) in [5.41, 5.74) is 2.57. The second kappa shape index (κ2) is 5.12. The zero-order valence-corrected chi connectivity index (χ0v) is 10.8. The van der Waals surface area contributed by atoms with Gasteiger partial charge in [0.25, 0.3) is 0 Å². The Balaban J connectivity index is 1.55. The van der Waals surface area contributed by atoms with E-state index in [4.69, 9.17) is 4.74 Å². The van der Waals surface area contributed by atoms with Gasteiger partial charge in [-0.25, -0.2) is 0 Å². The fourth-order valence-electron chi connectivity index (χ4n) is 2.64. The molecule has 0 unspecified atom stereocenters. The first-order chi connectivity index (χ1) is 8.86. The zero-order valence-electron chi connectivity index (χ0n) is 10.8. The monoisotopic (exact) mass is 244 g/mol. The summed E-state index contributed by atoms with van der Waals surface area (Å²) in [4.78, 5) is 3.31. The van der Waals surface area contributed by atoms with Crippen LogP contribution in [0.1, 0.15) is 25.3 Å². The molecule has 1 aromatic heterocycles. The van der Waals surface area contributed by atoms with Gasteiger partial charge in [-0.15, -0.1) is 0 Å². The summed E-state index contributed by atoms with van der Waals surface area (Å²) in [5.74, 6) is 0. The van der Waals surface area contributed by atoms with Crippen molar-refractivity contribution in [2.45, 2.75) is 38.5 Å². The van der Waals surface area contributed by atoms with Crippen LogP contribution >= 0.6 is 0 Å². The molecule has 1 fully saturated rings. The highest BCUT2D eigenvalue weighted by Crippen LogP contribution is 2.24. The zero-order chi connectivity index (χ0) is 12.4. The minimum Gasteiger partial charge on any atom is -0.378 e. The molecule has 1 aliphatic rings. The van der Waals surface area contributed by atoms with Crippen molar-refractivity contribution in [1.82, 2.24) is 10.3 Å². The van der Waals surface area contributed by atoms with Crippen LogP contribution in [0.5, 0.6) is 0 Å². The Morgan fingerprint density at radius 1 is 1.33 bits per heavy atom. The molecule has 1 heterocycles. The highest BCUT2D eigenvalue weighted by atomic mass is 16.5. The van der Waals surface area contributed by atoms with E-state index >= 15 is 0 Å². The molecule has 2 aromatic rings. The first-order valence-corrected chi connectivity index (χ1v) is 6.76. The number of nitrogens with one attached hydrogen (secondary N) is 2. The number of hydrogen-bond acceptors (Lipinski definition) is 2. The Morgan fingerprint density at radius 2 is 2.17 bits per heavy atom. The standard InChI is InChI=1S/C15H20N2O/c1-2-18-13-7-12(8-13)16-9-11-10-17-15-6-4-3-5-14(11)15/h3-6,10,12-13,16-17H,2,7-9H2,1H3. The van der Waals surface area contributed by atoms with Crippen molar-refractivity contribution in [3.05, 3.63) is 36.0 Å². The number of ether oxygens (including phenoxy) is 1. The first-order valence-electron chi connectivity index (χ1n) is 6.76. The lowest BCUT2D eigenvalue weighted by Crippen LogP contribution is -2.45. The number of para-hydroxylation sites is 1. The molecule has 18 heavy (non-hydrogen) atoms. The molecule has 3 heteroatoms. The van der Waals surface area contributed by atoms with E-state index in [1.54, 1.807) is 0 Å². The Labute approximate surface area is 108 Å². The third-order valence-corrected chi connectivity index (χ3v) is 3.75. The van der Waals surface area contributed by atoms with Crippen molar-refractivity contribution in [1.29, 1.82) is 0 Å². The van der Waals surface area contributed by atoms with Crippen LogP contribution in [-0.4, -0.2) is 23.7 Å². The van der Waals surface area contributed by atoms with E-state index in [2.05, 4.69) is 47.7 Å². The Hall–Kier alpha value is -1.32. The number of H-pyrrole nitrogens is 1. The normalized spacial score (nSPS) is 23.2. The van der Waals surface area contributed by atoms with Crippen molar-refractivity contribution in [2.75, 3.05) is 6.61 Å². The molecular weight excluding hydrogens is 224 g/mol. The van der Waals surface area contributed by atoms with E-state index in [9.17, 15) is 0 Å². The van der Waals surface area contributed by atoms with Crippen molar-refractivity contribution in [3.63, 3.8) is 0 Å². The molecule has 1 saturated carbocycles. The fraction of sp³-hybridized carbons (Fsp3) is 0.467. The van der Waals surface area contributed by atoms with E-state index < -0.39 is 0 Å². The van der Waals surface area contributed by atoms with Crippen LogP contribution in [0.3, 0.4) is 0 Å². The lowest BCUT2D eigenvalue weighted by molar-refractivity contribution is -0.0102. The molecule has 0 atom stereocenters. The lowest BCUT2D eigenvalue weighted by Gasteiger charge is -2.35. The highest BCUT2D eigenvalue weighted by molar-refractivity contribution is 5.82. The summed E-state index contributed by atoms with van der Waals surface area (Å²) in [5, 5.41) is 4.93. The second-order valence-corrected chi connectivity index (χ2v) is 4.99. The second-order valence-electron chi connectivity index (χ2n) is 4.99. The predicted molar refractivity (Wildman–Crippen MR) is 73.6 cm³/mol. The first kappa shape index (κ1) is 11.8. The molecule has 3 rings (SSSR count). The number of aromatic nitrogens is 1. The molecular formula is C15H20N2O. The largest absolute Gasteiger partial charge is 0.378 e. The summed E-state index contributed by atoms with van der Waals surface area (Å²) in [7, 11) is 0. The Bertz CT molecular complexity index is 514. The quantitative estimate of drug-likeness (QED) is 0.848. The average molecular weight is 244 g/mol. The van der Waals surface area contributed by atoms with Gasteiger partial charge in [-0.1, -0.05) is 18.2 Å². The number of benzene rings is 1. The van der Waals surface area contributed by atoms with Gasteiger partial charge >= 0.3 is 0 Å². The van der Waals surface area contributed by atoms with Crippen LogP contribution in [0.4, 0.5) is 0 Å². The number of hydrogen-bond donors (Lipinski definition) is 2. The summed E-state index contributed by atoms with van der Waals surface area (Å²) < 4.78 is 5.57. The van der Waals surface area contributed by atoms with Gasteiger partial charge in [-0.3, -0.25) is 0 Å². The molecule has 0 radical (unpaired) electrons. The molecule has 3 nitrogen and oxygen atoms in total. The minimum atomic E-state index is 0.482. The van der Waals surface area contributed by atoms with Crippen LogP contribution in [-0.2, 0) is 11.3 Å². The Morgan fingerprint density at radius 3 is 3.00 bits per heavy atom. The third kappa shape index (κ3) is 2.28. The Kier molecular flexibility index (Phi) is 3.35. The van der Waals surface area contributed by atoms with Gasteiger partial charge in [0.05, 0.1) is 6.10 Å². The summed E-state index contributed by atoms with van der Waals surface area (Å²) in [6, 6.07) is 9.07. The van der Waals surface area contributed by atoms with Crippen molar-refractivity contribution >= 4 is 10.9 Å². The van der Waals surface area contributed by atoms with E-state index in [-0.39, 0.29) is 0 Å². The maximum atomic E-state index is 5.57. The minimum absolute atomic E-state index is 0.482. The predicted octanol–water partition coefficient (Wildman–Crippen LogP) is 2.83. The number of rotatable bonds is 5. The van der Waals surface area contributed by atoms with Crippen LogP contribution in [0.2, 0.25) is 0 Å². The van der Waals surface area contributed by atoms with Gasteiger partial charge in [0.15, 0.2) is 0 Å². The summed E-state index contributed by atoms with van der Waals surface area (Å²) in [6.45, 7) is 3.83. The molecule has 0 amide bonds. The molecule has 0 saturated heterocycles. The molecule has 0 aliphatic heterocycles. The smallest absolute Gasteiger partial charge is 0.0604 e. The van der Waals surface area contributed by atoms with Crippen LogP contribution in [0.25, 0.3) is 10.9 Å². The molecule has 96 valence electrons. The van der Waals surface area contributed by atoms with Gasteiger partial charge in [-0.2, -0.15) is 0 Å². The van der Waals surface area contributed by atoms with Gasteiger partial charge in [-0.05, 0) is 31.4 Å². The highest BCUT2D eigenvalue weighted by Gasteiger charge is 2.28. The molecule has 0 bridgehead atoms. The third-order valence-electron chi connectivity index (χ3n) is 3.75. The van der Waals surface area contributed by atoms with E-state index in [0.29, 0.717) is 12.1 Å². The SMILES string of the molecule is CCOC1CC(NCc2c[nH]c3ccccc23)C1. The van der Waals surface area contributed by atoms with Gasteiger partial charge in [0, 0.05) is 36.3 Å². The summed E-state index contributed by atoms with van der Waals surface area (Å²) >= 11 is 0. The van der Waals surface area contributed by atoms with Crippen LogP contribution in [0.15, 0.2) is 30.5 Å². The number of aromatic amines is 1. The molecule has 1 aliphatic carbocycles. The lowest BCUT2D eigenvalue weighted by atomic mass is 9.89. The maximum absolute atomic E-state index is 5.57. The molecule has 2 N–H and O–H groups in total. The molecule has 0 spiro atoms. The fourth-order valence-corrected chi connectivity index (χ4v) is 2.64. The van der Waals surface area contributed by atoms with Gasteiger partial charge in [0.1, 0.15) is 0 Å².